The Morgan fingerprint density at radius 3 is 1.93 bits per heavy atom. The number of benzene rings is 3. The molecule has 6 heteroatoms. The zero-order valence-corrected chi connectivity index (χ0v) is 15.1. The standard InChI is InChI=1S/C21H17N3O2S/c25-19(16-10-5-2-6-11-16)22-21(27)24-23-20(26)18-13-7-12-17(14-18)15-8-3-1-4-9-15/h1-14H,(H,23,26)(H2,22,24,25,27). The van der Waals surface area contributed by atoms with Crippen LogP contribution < -0.4 is 16.2 Å². The van der Waals surface area contributed by atoms with Crippen molar-refractivity contribution >= 4 is 29.1 Å². The van der Waals surface area contributed by atoms with Crippen LogP contribution in [0, 0.1) is 0 Å². The molecule has 0 fully saturated rings. The maximum atomic E-state index is 12.3. The molecule has 0 unspecified atom stereocenters. The van der Waals surface area contributed by atoms with Gasteiger partial charge in [0, 0.05) is 11.1 Å². The van der Waals surface area contributed by atoms with Gasteiger partial charge in [-0.25, -0.2) is 0 Å². The van der Waals surface area contributed by atoms with Gasteiger partial charge in [-0.15, -0.1) is 0 Å². The van der Waals surface area contributed by atoms with Crippen LogP contribution in [0.2, 0.25) is 0 Å². The predicted molar refractivity (Wildman–Crippen MR) is 109 cm³/mol. The summed E-state index contributed by atoms with van der Waals surface area (Å²) in [5, 5.41) is 2.52. The molecule has 3 rings (SSSR count). The van der Waals surface area contributed by atoms with Gasteiger partial charge in [-0.2, -0.15) is 0 Å². The van der Waals surface area contributed by atoms with E-state index in [1.54, 1.807) is 36.4 Å². The number of carbonyl (C=O) groups is 2. The third-order valence-electron chi connectivity index (χ3n) is 3.78. The minimum atomic E-state index is -0.357. The van der Waals surface area contributed by atoms with Crippen molar-refractivity contribution in [2.75, 3.05) is 0 Å². The molecule has 3 N–H and O–H groups in total. The van der Waals surface area contributed by atoms with Crippen molar-refractivity contribution in [2.45, 2.75) is 0 Å². The molecule has 2 amide bonds. The first kappa shape index (κ1) is 18.3. The Morgan fingerprint density at radius 2 is 1.22 bits per heavy atom. The van der Waals surface area contributed by atoms with Crippen LogP contribution in [0.1, 0.15) is 20.7 Å². The highest BCUT2D eigenvalue weighted by Crippen LogP contribution is 2.19. The highest BCUT2D eigenvalue weighted by atomic mass is 32.1. The molecule has 0 aliphatic carbocycles. The zero-order chi connectivity index (χ0) is 19.1. The summed E-state index contributed by atoms with van der Waals surface area (Å²) in [5.41, 5.74) is 7.93. The molecule has 0 bridgehead atoms. The number of amides is 2. The third kappa shape index (κ3) is 4.99. The maximum absolute atomic E-state index is 12.3. The highest BCUT2D eigenvalue weighted by molar-refractivity contribution is 7.80. The molecule has 0 radical (unpaired) electrons. The Bertz CT molecular complexity index is 959. The van der Waals surface area contributed by atoms with E-state index in [1.165, 1.54) is 0 Å². The van der Waals surface area contributed by atoms with Crippen LogP contribution in [0.5, 0.6) is 0 Å². The minimum Gasteiger partial charge on any atom is -0.298 e. The van der Waals surface area contributed by atoms with Crippen LogP contribution in [0.4, 0.5) is 0 Å². The fourth-order valence-electron chi connectivity index (χ4n) is 2.45. The van der Waals surface area contributed by atoms with Crippen molar-refractivity contribution in [1.82, 2.24) is 16.2 Å². The van der Waals surface area contributed by atoms with Crippen LogP contribution in [0.15, 0.2) is 84.9 Å². The van der Waals surface area contributed by atoms with E-state index in [9.17, 15) is 9.59 Å². The molecule has 0 atom stereocenters. The second-order valence-electron chi connectivity index (χ2n) is 5.68. The predicted octanol–water partition coefficient (Wildman–Crippen LogP) is 3.30. The van der Waals surface area contributed by atoms with Crippen LogP contribution in [-0.4, -0.2) is 16.9 Å². The van der Waals surface area contributed by atoms with Crippen molar-refractivity contribution < 1.29 is 9.59 Å². The summed E-state index contributed by atoms with van der Waals surface area (Å²) in [6.07, 6.45) is 0. The van der Waals surface area contributed by atoms with Gasteiger partial charge in [-0.3, -0.25) is 25.8 Å². The molecular weight excluding hydrogens is 358 g/mol. The largest absolute Gasteiger partial charge is 0.298 e. The molecule has 0 saturated carbocycles. The summed E-state index contributed by atoms with van der Waals surface area (Å²) in [7, 11) is 0. The second kappa shape index (κ2) is 8.73. The molecule has 134 valence electrons. The van der Waals surface area contributed by atoms with Gasteiger partial charge in [0.1, 0.15) is 0 Å². The number of nitrogens with one attached hydrogen (secondary N) is 3. The summed E-state index contributed by atoms with van der Waals surface area (Å²) in [5.74, 6) is -0.711. The minimum absolute atomic E-state index is 0.0106. The second-order valence-corrected chi connectivity index (χ2v) is 6.08. The van der Waals surface area contributed by atoms with Crippen LogP contribution in [0.25, 0.3) is 11.1 Å². The quantitative estimate of drug-likeness (QED) is 0.485. The third-order valence-corrected chi connectivity index (χ3v) is 3.99. The smallest absolute Gasteiger partial charge is 0.269 e. The van der Waals surface area contributed by atoms with Gasteiger partial charge in [0.2, 0.25) is 0 Å². The number of hydrogen-bond acceptors (Lipinski definition) is 3. The Balaban J connectivity index is 1.58. The van der Waals surface area contributed by atoms with Gasteiger partial charge in [0.05, 0.1) is 0 Å². The Morgan fingerprint density at radius 1 is 0.630 bits per heavy atom. The number of hydrazine groups is 1. The molecular formula is C21H17N3O2S. The number of rotatable bonds is 3. The van der Waals surface area contributed by atoms with Gasteiger partial charge in [-0.1, -0.05) is 60.7 Å². The van der Waals surface area contributed by atoms with Crippen molar-refractivity contribution in [3.8, 4) is 11.1 Å². The van der Waals surface area contributed by atoms with Crippen LogP contribution in [-0.2, 0) is 0 Å². The van der Waals surface area contributed by atoms with E-state index in [4.69, 9.17) is 12.2 Å². The fourth-order valence-corrected chi connectivity index (χ4v) is 2.60. The lowest BCUT2D eigenvalue weighted by atomic mass is 10.0. The molecule has 27 heavy (non-hydrogen) atoms. The monoisotopic (exact) mass is 375 g/mol. The molecule has 0 aliphatic rings. The fraction of sp³-hybridized carbons (Fsp3) is 0. The number of carbonyl (C=O) groups excluding carboxylic acids is 2. The first-order valence-electron chi connectivity index (χ1n) is 8.26. The lowest BCUT2D eigenvalue weighted by Crippen LogP contribution is -2.48. The maximum Gasteiger partial charge on any atom is 0.269 e. The van der Waals surface area contributed by atoms with Gasteiger partial charge in [0.25, 0.3) is 11.8 Å². The lowest BCUT2D eigenvalue weighted by molar-refractivity contribution is 0.0934. The molecule has 0 aromatic heterocycles. The summed E-state index contributed by atoms with van der Waals surface area (Å²) in [6, 6.07) is 25.7. The summed E-state index contributed by atoms with van der Waals surface area (Å²) < 4.78 is 0. The van der Waals surface area contributed by atoms with Crippen molar-refractivity contribution in [2.24, 2.45) is 0 Å². The lowest BCUT2D eigenvalue weighted by Gasteiger charge is -2.11. The highest BCUT2D eigenvalue weighted by Gasteiger charge is 2.10. The topological polar surface area (TPSA) is 70.2 Å². The average molecular weight is 375 g/mol. The molecule has 0 heterocycles. The van der Waals surface area contributed by atoms with Crippen molar-refractivity contribution in [3.05, 3.63) is 96.1 Å². The number of hydrogen-bond donors (Lipinski definition) is 3. The van der Waals surface area contributed by atoms with Crippen LogP contribution in [0.3, 0.4) is 0 Å². The molecule has 5 nitrogen and oxygen atoms in total. The van der Waals surface area contributed by atoms with Gasteiger partial charge >= 0.3 is 0 Å². The molecule has 3 aromatic carbocycles. The summed E-state index contributed by atoms with van der Waals surface area (Å²) in [4.78, 5) is 24.4. The van der Waals surface area contributed by atoms with E-state index >= 15 is 0 Å². The van der Waals surface area contributed by atoms with E-state index in [-0.39, 0.29) is 16.9 Å². The van der Waals surface area contributed by atoms with Crippen molar-refractivity contribution in [1.29, 1.82) is 0 Å². The average Bonchev–Trinajstić information content (AvgIpc) is 2.73. The summed E-state index contributed by atoms with van der Waals surface area (Å²) in [6.45, 7) is 0. The molecule has 0 aliphatic heterocycles. The summed E-state index contributed by atoms with van der Waals surface area (Å²) >= 11 is 5.04. The zero-order valence-electron chi connectivity index (χ0n) is 14.3. The van der Waals surface area contributed by atoms with Crippen molar-refractivity contribution in [3.63, 3.8) is 0 Å². The van der Waals surface area contributed by atoms with Crippen LogP contribution >= 0.6 is 12.2 Å². The molecule has 0 saturated heterocycles. The first-order valence-corrected chi connectivity index (χ1v) is 8.66. The van der Waals surface area contributed by atoms with E-state index < -0.39 is 0 Å². The SMILES string of the molecule is O=C(NNC(=S)NC(=O)c1ccccc1)c1cccc(-c2ccccc2)c1. The van der Waals surface area contributed by atoms with E-state index in [0.29, 0.717) is 11.1 Å². The first-order chi connectivity index (χ1) is 13.1. The number of thiocarbonyl (C=S) groups is 1. The Labute approximate surface area is 162 Å². The van der Waals surface area contributed by atoms with E-state index in [0.717, 1.165) is 11.1 Å². The molecule has 0 spiro atoms. The normalized spacial score (nSPS) is 9.93. The van der Waals surface area contributed by atoms with Gasteiger partial charge < -0.3 is 0 Å². The molecule has 3 aromatic rings. The van der Waals surface area contributed by atoms with E-state index in [2.05, 4.69) is 16.2 Å². The Kier molecular flexibility index (Phi) is 5.91. The van der Waals surface area contributed by atoms with Gasteiger partial charge in [-0.05, 0) is 47.6 Å². The Hall–Kier alpha value is -3.51. The van der Waals surface area contributed by atoms with E-state index in [1.807, 2.05) is 48.5 Å². The van der Waals surface area contributed by atoms with Gasteiger partial charge in [0.15, 0.2) is 5.11 Å².